The normalized spacial score (nSPS) is 28.7. The number of nitrogens with two attached hydrogens (primary N) is 1. The molecule has 0 heterocycles. The molecule has 14 heavy (non-hydrogen) atoms. The van der Waals surface area contributed by atoms with Gasteiger partial charge in [-0.2, -0.15) is 0 Å². The molecule has 0 aromatic heterocycles. The van der Waals surface area contributed by atoms with Gasteiger partial charge in [-0.1, -0.05) is 26.2 Å². The Bertz CT molecular complexity index is 190. The van der Waals surface area contributed by atoms with E-state index in [2.05, 4.69) is 12.2 Å². The van der Waals surface area contributed by atoms with Gasteiger partial charge in [0.1, 0.15) is 0 Å². The predicted octanol–water partition coefficient (Wildman–Crippen LogP) is 2.04. The molecule has 0 aromatic rings. The van der Waals surface area contributed by atoms with E-state index in [1.54, 1.807) is 0 Å². The maximum atomic E-state index is 6.35. The highest BCUT2D eigenvalue weighted by Gasteiger charge is 2.37. The molecule has 0 aliphatic heterocycles. The fraction of sp³-hybridized carbons (Fsp3) is 1.00. The Labute approximate surface area is 87.6 Å². The van der Waals surface area contributed by atoms with Crippen LogP contribution < -0.4 is 11.1 Å². The average Bonchev–Trinajstić information content (AvgIpc) is 2.85. The van der Waals surface area contributed by atoms with Gasteiger partial charge in [-0.25, -0.2) is 0 Å². The molecule has 0 radical (unpaired) electrons. The van der Waals surface area contributed by atoms with Crippen LogP contribution in [0.15, 0.2) is 0 Å². The van der Waals surface area contributed by atoms with Gasteiger partial charge in [-0.15, -0.1) is 0 Å². The lowest BCUT2D eigenvalue weighted by atomic mass is 9.82. The van der Waals surface area contributed by atoms with E-state index in [9.17, 15) is 0 Å². The van der Waals surface area contributed by atoms with Crippen molar-refractivity contribution in [1.82, 2.24) is 5.32 Å². The lowest BCUT2D eigenvalue weighted by Gasteiger charge is -2.34. The predicted molar refractivity (Wildman–Crippen MR) is 60.2 cm³/mol. The highest BCUT2D eigenvalue weighted by atomic mass is 15.0. The molecule has 2 heteroatoms. The Morgan fingerprint density at radius 2 is 1.64 bits per heavy atom. The van der Waals surface area contributed by atoms with E-state index in [1.165, 1.54) is 51.5 Å². The van der Waals surface area contributed by atoms with Gasteiger partial charge in [0.2, 0.25) is 0 Å². The van der Waals surface area contributed by atoms with E-state index < -0.39 is 0 Å². The van der Waals surface area contributed by atoms with E-state index in [4.69, 9.17) is 5.73 Å². The zero-order valence-corrected chi connectivity index (χ0v) is 9.44. The van der Waals surface area contributed by atoms with Crippen LogP contribution in [0.1, 0.15) is 51.9 Å². The van der Waals surface area contributed by atoms with Crippen molar-refractivity contribution >= 4 is 0 Å². The lowest BCUT2D eigenvalue weighted by molar-refractivity contribution is 0.277. The first kappa shape index (κ1) is 10.4. The van der Waals surface area contributed by atoms with Crippen molar-refractivity contribution in [1.29, 1.82) is 0 Å². The summed E-state index contributed by atoms with van der Waals surface area (Å²) in [7, 11) is 0. The van der Waals surface area contributed by atoms with Gasteiger partial charge in [0.25, 0.3) is 0 Å². The Balaban J connectivity index is 1.67. The molecular formula is C12H24N2. The smallest absolute Gasteiger partial charge is 0.0280 e. The maximum absolute atomic E-state index is 6.35. The second-order valence-corrected chi connectivity index (χ2v) is 5.84. The summed E-state index contributed by atoms with van der Waals surface area (Å²) in [6, 6.07) is 0. The third kappa shape index (κ3) is 2.71. The fourth-order valence-electron chi connectivity index (χ4n) is 2.44. The van der Waals surface area contributed by atoms with Crippen LogP contribution in [-0.2, 0) is 0 Å². The van der Waals surface area contributed by atoms with Gasteiger partial charge < -0.3 is 11.1 Å². The summed E-state index contributed by atoms with van der Waals surface area (Å²) in [5, 5.41) is 3.57. The maximum Gasteiger partial charge on any atom is 0.0280 e. The quantitative estimate of drug-likeness (QED) is 0.722. The van der Waals surface area contributed by atoms with Crippen LogP contribution in [0.3, 0.4) is 0 Å². The fourth-order valence-corrected chi connectivity index (χ4v) is 2.44. The van der Waals surface area contributed by atoms with Crippen LogP contribution in [0.5, 0.6) is 0 Å². The van der Waals surface area contributed by atoms with Crippen LogP contribution >= 0.6 is 0 Å². The summed E-state index contributed by atoms with van der Waals surface area (Å²) < 4.78 is 0. The van der Waals surface area contributed by atoms with Gasteiger partial charge in [-0.05, 0) is 31.1 Å². The summed E-state index contributed by atoms with van der Waals surface area (Å²) in [5.41, 5.74) is 7.08. The molecule has 2 saturated carbocycles. The molecule has 0 amide bonds. The molecule has 82 valence electrons. The number of nitrogens with one attached hydrogen (secondary N) is 1. The Morgan fingerprint density at radius 3 is 2.21 bits per heavy atom. The monoisotopic (exact) mass is 196 g/mol. The second-order valence-electron chi connectivity index (χ2n) is 5.84. The first-order chi connectivity index (χ1) is 6.62. The molecule has 2 rings (SSSR count). The van der Waals surface area contributed by atoms with Crippen LogP contribution in [0.25, 0.3) is 0 Å². The van der Waals surface area contributed by atoms with E-state index in [0.717, 1.165) is 6.54 Å². The van der Waals surface area contributed by atoms with Gasteiger partial charge >= 0.3 is 0 Å². The molecular weight excluding hydrogens is 172 g/mol. The molecule has 2 fully saturated rings. The van der Waals surface area contributed by atoms with Crippen molar-refractivity contribution in [3.8, 4) is 0 Å². The van der Waals surface area contributed by atoms with E-state index in [1.807, 2.05) is 0 Å². The van der Waals surface area contributed by atoms with Gasteiger partial charge in [0, 0.05) is 18.6 Å². The Kier molecular flexibility index (Phi) is 2.85. The second kappa shape index (κ2) is 3.82. The first-order valence-electron chi connectivity index (χ1n) is 6.12. The van der Waals surface area contributed by atoms with E-state index in [0.29, 0.717) is 5.41 Å². The van der Waals surface area contributed by atoms with Crippen LogP contribution in [0, 0.1) is 5.41 Å². The van der Waals surface area contributed by atoms with E-state index >= 15 is 0 Å². The van der Waals surface area contributed by atoms with Crippen molar-refractivity contribution < 1.29 is 0 Å². The molecule has 0 unspecified atom stereocenters. The number of hydrogen-bond acceptors (Lipinski definition) is 2. The summed E-state index contributed by atoms with van der Waals surface area (Å²) in [6.45, 7) is 4.57. The van der Waals surface area contributed by atoms with E-state index in [-0.39, 0.29) is 5.54 Å². The molecule has 0 atom stereocenters. The third-order valence-corrected chi connectivity index (χ3v) is 3.98. The van der Waals surface area contributed by atoms with Crippen molar-refractivity contribution in [2.24, 2.45) is 11.1 Å². The molecule has 0 spiro atoms. The van der Waals surface area contributed by atoms with Crippen LogP contribution in [0.4, 0.5) is 0 Å². The molecule has 3 N–H and O–H groups in total. The lowest BCUT2D eigenvalue weighted by Crippen LogP contribution is -2.50. The first-order valence-corrected chi connectivity index (χ1v) is 6.12. The van der Waals surface area contributed by atoms with Crippen LogP contribution in [-0.4, -0.2) is 18.6 Å². The van der Waals surface area contributed by atoms with Crippen LogP contribution in [0.2, 0.25) is 0 Å². The number of hydrogen-bond donors (Lipinski definition) is 2. The largest absolute Gasteiger partial charge is 0.324 e. The minimum absolute atomic E-state index is 0.115. The average molecular weight is 196 g/mol. The Morgan fingerprint density at radius 1 is 1.00 bits per heavy atom. The van der Waals surface area contributed by atoms with Crippen molar-refractivity contribution in [3.63, 3.8) is 0 Å². The third-order valence-electron chi connectivity index (χ3n) is 3.98. The number of rotatable bonds is 4. The molecule has 2 aliphatic rings. The topological polar surface area (TPSA) is 38.0 Å². The highest BCUT2D eigenvalue weighted by molar-refractivity contribution is 4.94. The standard InChI is InChI=1S/C12H24N2/c1-11(7-8-11)9-14-10-12(13)5-3-2-4-6-12/h14H,2-10,13H2,1H3. The summed E-state index contributed by atoms with van der Waals surface area (Å²) >= 11 is 0. The van der Waals surface area contributed by atoms with Crippen molar-refractivity contribution in [2.45, 2.75) is 57.4 Å². The molecule has 2 aliphatic carbocycles. The summed E-state index contributed by atoms with van der Waals surface area (Å²) in [4.78, 5) is 0. The minimum Gasteiger partial charge on any atom is -0.324 e. The summed E-state index contributed by atoms with van der Waals surface area (Å²) in [5.74, 6) is 0. The Hall–Kier alpha value is -0.0800. The van der Waals surface area contributed by atoms with Crippen molar-refractivity contribution in [2.75, 3.05) is 13.1 Å². The van der Waals surface area contributed by atoms with Gasteiger partial charge in [0.05, 0.1) is 0 Å². The molecule has 0 aromatic carbocycles. The van der Waals surface area contributed by atoms with Crippen molar-refractivity contribution in [3.05, 3.63) is 0 Å². The highest BCUT2D eigenvalue weighted by Crippen LogP contribution is 2.44. The molecule has 2 nitrogen and oxygen atoms in total. The molecule has 0 bridgehead atoms. The zero-order chi connectivity index (χ0) is 10.1. The zero-order valence-electron chi connectivity index (χ0n) is 9.44. The SMILES string of the molecule is CC1(CNCC2(N)CCCCC2)CC1. The van der Waals surface area contributed by atoms with Gasteiger partial charge in [-0.3, -0.25) is 0 Å². The summed E-state index contributed by atoms with van der Waals surface area (Å²) in [6.07, 6.45) is 9.28. The van der Waals surface area contributed by atoms with Gasteiger partial charge in [0.15, 0.2) is 0 Å². The minimum atomic E-state index is 0.115. The molecule has 0 saturated heterocycles.